The highest BCUT2D eigenvalue weighted by molar-refractivity contribution is 9.10. The summed E-state index contributed by atoms with van der Waals surface area (Å²) < 4.78 is 28.2. The average Bonchev–Trinajstić information content (AvgIpc) is 2.75. The van der Waals surface area contributed by atoms with Crippen LogP contribution in [-0.2, 0) is 14.8 Å². The Labute approximate surface area is 188 Å². The maximum atomic E-state index is 13.2. The molecular formula is C21H17BrClN3O3S. The number of nitrogens with one attached hydrogen (secondary N) is 1. The fraction of sp³-hybridized carbons (Fsp3) is 0.0476. The molecule has 0 unspecified atom stereocenters. The van der Waals surface area contributed by atoms with Crippen molar-refractivity contribution in [3.05, 3.63) is 93.9 Å². The summed E-state index contributed by atoms with van der Waals surface area (Å²) in [4.78, 5) is 12.5. The molecule has 30 heavy (non-hydrogen) atoms. The van der Waals surface area contributed by atoms with E-state index < -0.39 is 22.5 Å². The van der Waals surface area contributed by atoms with Crippen molar-refractivity contribution in [1.29, 1.82) is 0 Å². The van der Waals surface area contributed by atoms with Crippen molar-refractivity contribution < 1.29 is 13.2 Å². The summed E-state index contributed by atoms with van der Waals surface area (Å²) in [6, 6.07) is 21.5. The van der Waals surface area contributed by atoms with Gasteiger partial charge in [0.2, 0.25) is 0 Å². The van der Waals surface area contributed by atoms with Gasteiger partial charge in [-0.05, 0) is 54.1 Å². The zero-order valence-electron chi connectivity index (χ0n) is 15.6. The Morgan fingerprint density at radius 3 is 2.27 bits per heavy atom. The molecule has 6 nitrogen and oxygen atoms in total. The molecule has 0 aliphatic rings. The van der Waals surface area contributed by atoms with Crippen LogP contribution in [0.25, 0.3) is 0 Å². The van der Waals surface area contributed by atoms with Gasteiger partial charge in [0.25, 0.3) is 15.9 Å². The summed E-state index contributed by atoms with van der Waals surface area (Å²) in [5, 5.41) is 4.48. The van der Waals surface area contributed by atoms with E-state index in [0.717, 1.165) is 14.3 Å². The Morgan fingerprint density at radius 1 is 1.00 bits per heavy atom. The van der Waals surface area contributed by atoms with E-state index in [0.29, 0.717) is 10.7 Å². The van der Waals surface area contributed by atoms with Crippen LogP contribution in [0.4, 0.5) is 5.69 Å². The second-order valence-corrected chi connectivity index (χ2v) is 9.36. The number of carbonyl (C=O) groups excluding carboxylic acids is 1. The van der Waals surface area contributed by atoms with E-state index in [1.165, 1.54) is 18.3 Å². The van der Waals surface area contributed by atoms with Gasteiger partial charge in [-0.15, -0.1) is 0 Å². The Kier molecular flexibility index (Phi) is 7.25. The lowest BCUT2D eigenvalue weighted by Gasteiger charge is -2.23. The van der Waals surface area contributed by atoms with Gasteiger partial charge in [-0.25, -0.2) is 13.8 Å². The molecule has 0 aromatic heterocycles. The van der Waals surface area contributed by atoms with Crippen LogP contribution in [0.3, 0.4) is 0 Å². The minimum Gasteiger partial charge on any atom is -0.271 e. The van der Waals surface area contributed by atoms with Gasteiger partial charge in [0.05, 0.1) is 16.8 Å². The zero-order valence-corrected chi connectivity index (χ0v) is 18.7. The number of hydrogen-bond donors (Lipinski definition) is 1. The van der Waals surface area contributed by atoms with Crippen LogP contribution in [0.1, 0.15) is 5.56 Å². The van der Waals surface area contributed by atoms with Crippen molar-refractivity contribution in [1.82, 2.24) is 5.43 Å². The number of hydrazone groups is 1. The molecule has 0 radical (unpaired) electrons. The summed E-state index contributed by atoms with van der Waals surface area (Å²) in [6.07, 6.45) is 1.45. The van der Waals surface area contributed by atoms with E-state index in [1.54, 1.807) is 66.7 Å². The molecule has 0 aliphatic carbocycles. The molecule has 0 aliphatic heterocycles. The number of amides is 1. The van der Waals surface area contributed by atoms with Crippen molar-refractivity contribution in [2.75, 3.05) is 10.8 Å². The molecule has 3 aromatic carbocycles. The molecule has 154 valence electrons. The SMILES string of the molecule is O=C(CN(c1ccc(Br)cc1)S(=O)(=O)c1ccccc1)N/N=C\c1ccc(Cl)cc1. The molecule has 1 N–H and O–H groups in total. The molecule has 0 spiro atoms. The third kappa shape index (κ3) is 5.69. The van der Waals surface area contributed by atoms with E-state index in [-0.39, 0.29) is 4.90 Å². The summed E-state index contributed by atoms with van der Waals surface area (Å²) in [7, 11) is -3.95. The second kappa shape index (κ2) is 9.88. The summed E-state index contributed by atoms with van der Waals surface area (Å²) in [6.45, 7) is -0.434. The van der Waals surface area contributed by atoms with Gasteiger partial charge < -0.3 is 0 Å². The molecule has 0 fully saturated rings. The molecule has 0 bridgehead atoms. The highest BCUT2D eigenvalue weighted by Crippen LogP contribution is 2.25. The quantitative estimate of drug-likeness (QED) is 0.380. The predicted octanol–water partition coefficient (Wildman–Crippen LogP) is 4.45. The fourth-order valence-electron chi connectivity index (χ4n) is 2.54. The number of nitrogens with zero attached hydrogens (tertiary/aromatic N) is 2. The predicted molar refractivity (Wildman–Crippen MR) is 122 cm³/mol. The summed E-state index contributed by atoms with van der Waals surface area (Å²) in [5.74, 6) is -0.581. The lowest BCUT2D eigenvalue weighted by Crippen LogP contribution is -2.39. The molecule has 0 saturated carbocycles. The minimum absolute atomic E-state index is 0.0883. The van der Waals surface area contributed by atoms with Crippen molar-refractivity contribution in [2.45, 2.75) is 4.90 Å². The fourth-order valence-corrected chi connectivity index (χ4v) is 4.37. The number of rotatable bonds is 7. The molecule has 3 aromatic rings. The highest BCUT2D eigenvalue weighted by atomic mass is 79.9. The lowest BCUT2D eigenvalue weighted by atomic mass is 10.2. The third-order valence-corrected chi connectivity index (χ3v) is 6.57. The maximum Gasteiger partial charge on any atom is 0.264 e. The van der Waals surface area contributed by atoms with Gasteiger partial charge in [-0.3, -0.25) is 9.10 Å². The van der Waals surface area contributed by atoms with Gasteiger partial charge in [-0.1, -0.05) is 57.9 Å². The molecular weight excluding hydrogens is 490 g/mol. The third-order valence-electron chi connectivity index (χ3n) is 4.01. The Balaban J connectivity index is 1.81. The largest absolute Gasteiger partial charge is 0.271 e. The molecule has 9 heteroatoms. The Morgan fingerprint density at radius 2 is 1.63 bits per heavy atom. The number of anilines is 1. The maximum absolute atomic E-state index is 13.2. The van der Waals surface area contributed by atoms with Gasteiger partial charge in [0, 0.05) is 9.50 Å². The van der Waals surface area contributed by atoms with E-state index in [4.69, 9.17) is 11.6 Å². The van der Waals surface area contributed by atoms with Crippen molar-refractivity contribution in [2.24, 2.45) is 5.10 Å². The van der Waals surface area contributed by atoms with Gasteiger partial charge in [0.15, 0.2) is 0 Å². The minimum atomic E-state index is -3.95. The normalized spacial score (nSPS) is 11.4. The van der Waals surface area contributed by atoms with E-state index in [2.05, 4.69) is 26.5 Å². The topological polar surface area (TPSA) is 78.8 Å². The first kappa shape index (κ1) is 22.0. The first-order valence-electron chi connectivity index (χ1n) is 8.77. The van der Waals surface area contributed by atoms with E-state index >= 15 is 0 Å². The second-order valence-electron chi connectivity index (χ2n) is 6.15. The number of sulfonamides is 1. The monoisotopic (exact) mass is 505 g/mol. The Hall–Kier alpha value is -2.68. The first-order valence-corrected chi connectivity index (χ1v) is 11.4. The van der Waals surface area contributed by atoms with Gasteiger partial charge in [0.1, 0.15) is 6.54 Å². The molecule has 0 atom stereocenters. The average molecular weight is 507 g/mol. The van der Waals surface area contributed by atoms with Crippen LogP contribution >= 0.6 is 27.5 Å². The first-order chi connectivity index (χ1) is 14.4. The van der Waals surface area contributed by atoms with Crippen LogP contribution in [-0.4, -0.2) is 27.1 Å². The van der Waals surface area contributed by atoms with E-state index in [1.807, 2.05) is 0 Å². The summed E-state index contributed by atoms with van der Waals surface area (Å²) >= 11 is 9.16. The van der Waals surface area contributed by atoms with Crippen LogP contribution < -0.4 is 9.73 Å². The van der Waals surface area contributed by atoms with Crippen molar-refractivity contribution in [3.8, 4) is 0 Å². The molecule has 0 saturated heterocycles. The van der Waals surface area contributed by atoms with Gasteiger partial charge in [-0.2, -0.15) is 5.10 Å². The smallest absolute Gasteiger partial charge is 0.264 e. The lowest BCUT2D eigenvalue weighted by molar-refractivity contribution is -0.119. The summed E-state index contributed by atoms with van der Waals surface area (Å²) in [5.41, 5.74) is 3.46. The molecule has 3 rings (SSSR count). The molecule has 0 heterocycles. The van der Waals surface area contributed by atoms with E-state index in [9.17, 15) is 13.2 Å². The Bertz CT molecular complexity index is 1140. The number of benzene rings is 3. The van der Waals surface area contributed by atoms with Crippen molar-refractivity contribution >= 4 is 55.4 Å². The zero-order chi connectivity index (χ0) is 21.6. The molecule has 1 amide bonds. The van der Waals surface area contributed by atoms with Crippen LogP contribution in [0.2, 0.25) is 5.02 Å². The van der Waals surface area contributed by atoms with Crippen LogP contribution in [0.5, 0.6) is 0 Å². The number of hydrogen-bond acceptors (Lipinski definition) is 4. The van der Waals surface area contributed by atoms with Crippen LogP contribution in [0.15, 0.2) is 93.3 Å². The standard InChI is InChI=1S/C21H17BrClN3O3S/c22-17-8-12-19(13-9-17)26(30(28,29)20-4-2-1-3-5-20)15-21(27)25-24-14-16-6-10-18(23)11-7-16/h1-14H,15H2,(H,25,27)/b24-14-. The number of halogens is 2. The van der Waals surface area contributed by atoms with Crippen LogP contribution in [0, 0.1) is 0 Å². The van der Waals surface area contributed by atoms with Gasteiger partial charge >= 0.3 is 0 Å². The highest BCUT2D eigenvalue weighted by Gasteiger charge is 2.27. The van der Waals surface area contributed by atoms with Crippen molar-refractivity contribution in [3.63, 3.8) is 0 Å². The number of carbonyl (C=O) groups is 1.